The Morgan fingerprint density at radius 1 is 1.38 bits per heavy atom. The fourth-order valence-corrected chi connectivity index (χ4v) is 1.71. The van der Waals surface area contributed by atoms with E-state index in [-0.39, 0.29) is 18.3 Å². The summed E-state index contributed by atoms with van der Waals surface area (Å²) in [4.78, 5) is 13.4. The number of nitrogens with two attached hydrogens (primary N) is 1. The maximum absolute atomic E-state index is 12.7. The number of halogens is 1. The molecule has 0 aliphatic heterocycles. The summed E-state index contributed by atoms with van der Waals surface area (Å²) in [5.74, 6) is -0.293. The second kappa shape index (κ2) is 4.61. The van der Waals surface area contributed by atoms with E-state index in [1.807, 2.05) is 0 Å². The quantitative estimate of drug-likeness (QED) is 0.834. The van der Waals surface area contributed by atoms with E-state index in [2.05, 4.69) is 0 Å². The Balaban J connectivity index is 2.05. The first-order valence-corrected chi connectivity index (χ1v) is 5.44. The van der Waals surface area contributed by atoms with Crippen molar-refractivity contribution in [1.29, 1.82) is 0 Å². The highest BCUT2D eigenvalue weighted by Crippen LogP contribution is 2.28. The van der Waals surface area contributed by atoms with Crippen molar-refractivity contribution in [2.75, 3.05) is 6.54 Å². The first kappa shape index (κ1) is 11.1. The van der Waals surface area contributed by atoms with E-state index >= 15 is 0 Å². The average molecular weight is 222 g/mol. The van der Waals surface area contributed by atoms with Crippen LogP contribution in [0.3, 0.4) is 0 Å². The Labute approximate surface area is 94.0 Å². The smallest absolute Gasteiger partial charge is 0.236 e. The second-order valence-corrected chi connectivity index (χ2v) is 4.08. The molecule has 1 saturated carbocycles. The molecule has 0 spiro atoms. The summed E-state index contributed by atoms with van der Waals surface area (Å²) < 4.78 is 12.7. The van der Waals surface area contributed by atoms with E-state index in [1.165, 1.54) is 12.1 Å². The standard InChI is InChI=1S/C12H15FN2O/c13-10-3-1-9(2-4-10)8-15(11-5-6-11)12(16)7-14/h1-4,11H,5-8,14H2. The topological polar surface area (TPSA) is 46.3 Å². The summed E-state index contributed by atoms with van der Waals surface area (Å²) in [5, 5.41) is 0. The Kier molecular flexibility index (Phi) is 3.19. The first-order chi connectivity index (χ1) is 7.70. The number of amides is 1. The molecule has 0 aromatic heterocycles. The fraction of sp³-hybridized carbons (Fsp3) is 0.417. The number of nitrogens with zero attached hydrogens (tertiary/aromatic N) is 1. The molecule has 0 saturated heterocycles. The molecular formula is C12H15FN2O. The maximum atomic E-state index is 12.7. The van der Waals surface area contributed by atoms with Gasteiger partial charge >= 0.3 is 0 Å². The minimum absolute atomic E-state index is 0.0353. The summed E-state index contributed by atoms with van der Waals surface area (Å²) >= 11 is 0. The van der Waals surface area contributed by atoms with Crippen molar-refractivity contribution in [2.45, 2.75) is 25.4 Å². The lowest BCUT2D eigenvalue weighted by Gasteiger charge is -2.21. The second-order valence-electron chi connectivity index (χ2n) is 4.08. The zero-order chi connectivity index (χ0) is 11.5. The van der Waals surface area contributed by atoms with Crippen molar-refractivity contribution in [3.05, 3.63) is 35.6 Å². The van der Waals surface area contributed by atoms with Crippen LogP contribution in [-0.2, 0) is 11.3 Å². The third-order valence-corrected chi connectivity index (χ3v) is 2.75. The van der Waals surface area contributed by atoms with Gasteiger partial charge in [0.2, 0.25) is 5.91 Å². The third kappa shape index (κ3) is 2.58. The van der Waals surface area contributed by atoms with Crippen LogP contribution in [0.15, 0.2) is 24.3 Å². The molecule has 0 bridgehead atoms. The fourth-order valence-electron chi connectivity index (χ4n) is 1.71. The minimum atomic E-state index is -0.258. The van der Waals surface area contributed by atoms with Gasteiger partial charge in [-0.3, -0.25) is 4.79 Å². The van der Waals surface area contributed by atoms with Gasteiger partial charge in [-0.25, -0.2) is 4.39 Å². The van der Waals surface area contributed by atoms with Crippen LogP contribution in [0.1, 0.15) is 18.4 Å². The molecule has 16 heavy (non-hydrogen) atoms. The van der Waals surface area contributed by atoms with E-state index < -0.39 is 0 Å². The van der Waals surface area contributed by atoms with Gasteiger partial charge in [0.05, 0.1) is 6.54 Å². The Morgan fingerprint density at radius 3 is 2.50 bits per heavy atom. The molecule has 1 aromatic rings. The van der Waals surface area contributed by atoms with Gasteiger partial charge in [0.1, 0.15) is 5.82 Å². The number of hydrogen-bond acceptors (Lipinski definition) is 2. The van der Waals surface area contributed by atoms with Gasteiger partial charge in [0, 0.05) is 12.6 Å². The van der Waals surface area contributed by atoms with Gasteiger partial charge in [0.25, 0.3) is 0 Å². The Morgan fingerprint density at radius 2 is 2.00 bits per heavy atom. The first-order valence-electron chi connectivity index (χ1n) is 5.44. The molecule has 1 aliphatic rings. The normalized spacial score (nSPS) is 14.9. The number of hydrogen-bond donors (Lipinski definition) is 1. The average Bonchev–Trinajstić information content (AvgIpc) is 3.11. The van der Waals surface area contributed by atoms with Crippen molar-refractivity contribution in [2.24, 2.45) is 5.73 Å². The van der Waals surface area contributed by atoms with E-state index in [9.17, 15) is 9.18 Å². The Bertz CT molecular complexity index is 373. The van der Waals surface area contributed by atoms with Crippen molar-refractivity contribution < 1.29 is 9.18 Å². The van der Waals surface area contributed by atoms with Gasteiger partial charge in [-0.2, -0.15) is 0 Å². The van der Waals surface area contributed by atoms with Crippen LogP contribution in [-0.4, -0.2) is 23.4 Å². The van der Waals surface area contributed by atoms with Crippen molar-refractivity contribution in [3.63, 3.8) is 0 Å². The van der Waals surface area contributed by atoms with Gasteiger partial charge in [-0.1, -0.05) is 12.1 Å². The molecule has 1 fully saturated rings. The van der Waals surface area contributed by atoms with Crippen LogP contribution in [0, 0.1) is 5.82 Å². The summed E-state index contributed by atoms with van der Waals surface area (Å²) in [7, 11) is 0. The zero-order valence-corrected chi connectivity index (χ0v) is 9.03. The van der Waals surface area contributed by atoms with Crippen molar-refractivity contribution in [1.82, 2.24) is 4.90 Å². The van der Waals surface area contributed by atoms with E-state index in [1.54, 1.807) is 17.0 Å². The number of benzene rings is 1. The van der Waals surface area contributed by atoms with Crippen molar-refractivity contribution in [3.8, 4) is 0 Å². The van der Waals surface area contributed by atoms with Crippen molar-refractivity contribution >= 4 is 5.91 Å². The zero-order valence-electron chi connectivity index (χ0n) is 9.03. The van der Waals surface area contributed by atoms with Gasteiger partial charge in [-0.15, -0.1) is 0 Å². The number of rotatable bonds is 4. The molecular weight excluding hydrogens is 207 g/mol. The monoisotopic (exact) mass is 222 g/mol. The van der Waals surface area contributed by atoms with E-state index in [4.69, 9.17) is 5.73 Å². The van der Waals surface area contributed by atoms with E-state index in [0.29, 0.717) is 12.6 Å². The lowest BCUT2D eigenvalue weighted by molar-refractivity contribution is -0.130. The molecule has 0 unspecified atom stereocenters. The van der Waals surface area contributed by atoms with Gasteiger partial charge in [-0.05, 0) is 30.5 Å². The summed E-state index contributed by atoms with van der Waals surface area (Å²) in [6, 6.07) is 6.56. The number of carbonyl (C=O) groups is 1. The number of carbonyl (C=O) groups excluding carboxylic acids is 1. The van der Waals surface area contributed by atoms with Crippen LogP contribution >= 0.6 is 0 Å². The van der Waals surface area contributed by atoms with Gasteiger partial charge in [0.15, 0.2) is 0 Å². The lowest BCUT2D eigenvalue weighted by Crippen LogP contribution is -2.37. The summed E-state index contributed by atoms with van der Waals surface area (Å²) in [6.45, 7) is 0.568. The van der Waals surface area contributed by atoms with Crippen LogP contribution in [0.4, 0.5) is 4.39 Å². The largest absolute Gasteiger partial charge is 0.334 e. The molecule has 4 heteroatoms. The van der Waals surface area contributed by atoms with Crippen LogP contribution in [0.2, 0.25) is 0 Å². The molecule has 0 heterocycles. The van der Waals surface area contributed by atoms with Gasteiger partial charge < -0.3 is 10.6 Å². The predicted molar refractivity (Wildman–Crippen MR) is 59.0 cm³/mol. The molecule has 2 rings (SSSR count). The molecule has 1 amide bonds. The molecule has 1 aromatic carbocycles. The molecule has 2 N–H and O–H groups in total. The summed E-state index contributed by atoms with van der Waals surface area (Å²) in [6.07, 6.45) is 2.10. The highest BCUT2D eigenvalue weighted by molar-refractivity contribution is 5.78. The van der Waals surface area contributed by atoms with Crippen LogP contribution in [0.25, 0.3) is 0 Å². The maximum Gasteiger partial charge on any atom is 0.236 e. The summed E-state index contributed by atoms with van der Waals surface area (Å²) in [5.41, 5.74) is 6.30. The highest BCUT2D eigenvalue weighted by Gasteiger charge is 2.31. The van der Waals surface area contributed by atoms with E-state index in [0.717, 1.165) is 18.4 Å². The molecule has 1 aliphatic carbocycles. The molecule has 0 atom stereocenters. The lowest BCUT2D eigenvalue weighted by atomic mass is 10.2. The van der Waals surface area contributed by atoms with Crippen LogP contribution < -0.4 is 5.73 Å². The SMILES string of the molecule is NCC(=O)N(Cc1ccc(F)cc1)C1CC1. The minimum Gasteiger partial charge on any atom is -0.334 e. The molecule has 0 radical (unpaired) electrons. The van der Waals surface area contributed by atoms with Crippen LogP contribution in [0.5, 0.6) is 0 Å². The molecule has 3 nitrogen and oxygen atoms in total. The highest BCUT2D eigenvalue weighted by atomic mass is 19.1. The predicted octanol–water partition coefficient (Wildman–Crippen LogP) is 1.28. The third-order valence-electron chi connectivity index (χ3n) is 2.75. The molecule has 86 valence electrons. The Hall–Kier alpha value is -1.42.